The van der Waals surface area contributed by atoms with E-state index in [2.05, 4.69) is 12.6 Å². The number of thiol groups is 1. The molecule has 5 unspecified atom stereocenters. The molecule has 0 aliphatic carbocycles. The van der Waals surface area contributed by atoms with Crippen LogP contribution in [0.3, 0.4) is 0 Å². The van der Waals surface area contributed by atoms with Gasteiger partial charge in [-0.3, -0.25) is 0 Å². The zero-order valence-electron chi connectivity index (χ0n) is 10.4. The van der Waals surface area contributed by atoms with Gasteiger partial charge in [-0.15, -0.1) is 11.8 Å². The molecule has 0 amide bonds. The van der Waals surface area contributed by atoms with Crippen LogP contribution in [0.15, 0.2) is 0 Å². The Labute approximate surface area is 118 Å². The third-order valence-corrected chi connectivity index (χ3v) is 5.26. The summed E-state index contributed by atoms with van der Waals surface area (Å²) < 4.78 is 11.3. The van der Waals surface area contributed by atoms with Crippen LogP contribution in [0.5, 0.6) is 0 Å². The molecule has 2 heterocycles. The van der Waals surface area contributed by atoms with Crippen molar-refractivity contribution in [1.29, 1.82) is 0 Å². The predicted octanol–water partition coefficient (Wildman–Crippen LogP) is 1.06. The Morgan fingerprint density at radius 2 is 1.89 bits per heavy atom. The van der Waals surface area contributed by atoms with Gasteiger partial charge in [0.1, 0.15) is 5.44 Å². The minimum atomic E-state index is -0.0766. The Bertz CT molecular complexity index is 254. The first kappa shape index (κ1) is 14.9. The average Bonchev–Trinajstić information content (AvgIpc) is 2.38. The summed E-state index contributed by atoms with van der Waals surface area (Å²) in [5.41, 5.74) is 0.112. The van der Waals surface area contributed by atoms with Crippen LogP contribution in [0, 0.1) is 0 Å². The van der Waals surface area contributed by atoms with Crippen LogP contribution in [0.2, 0.25) is 0 Å². The van der Waals surface area contributed by atoms with E-state index >= 15 is 0 Å². The van der Waals surface area contributed by atoms with Crippen molar-refractivity contribution < 1.29 is 19.7 Å². The maximum atomic E-state index is 9.19. The summed E-state index contributed by atoms with van der Waals surface area (Å²) in [4.78, 5) is 0. The number of ether oxygens (including phenoxy) is 2. The van der Waals surface area contributed by atoms with Gasteiger partial charge in [0.05, 0.1) is 25.4 Å². The maximum absolute atomic E-state index is 9.19. The lowest BCUT2D eigenvalue weighted by molar-refractivity contribution is -0.0333. The van der Waals surface area contributed by atoms with Crippen LogP contribution in [-0.2, 0) is 9.47 Å². The van der Waals surface area contributed by atoms with Gasteiger partial charge in [-0.25, -0.2) is 0 Å². The van der Waals surface area contributed by atoms with Crippen molar-refractivity contribution in [3.05, 3.63) is 0 Å². The molecule has 0 saturated carbocycles. The molecule has 6 heteroatoms. The topological polar surface area (TPSA) is 58.9 Å². The Balaban J connectivity index is 1.80. The third kappa shape index (κ3) is 4.28. The number of rotatable bonds is 4. The second-order valence-electron chi connectivity index (χ2n) is 4.95. The quantitative estimate of drug-likeness (QED) is 0.677. The van der Waals surface area contributed by atoms with Gasteiger partial charge in [-0.2, -0.15) is 12.6 Å². The number of thioether (sulfide) groups is 1. The maximum Gasteiger partial charge on any atom is 0.105 e. The standard InChI is InChI=1S/C12H22O4S2/c13-6-8-4-11(1-2-15-8)18-12-5-10(17)3-9(7-14)16-12/h8-14,17H,1-7H2. The van der Waals surface area contributed by atoms with Crippen molar-refractivity contribution >= 4 is 24.4 Å². The van der Waals surface area contributed by atoms with Gasteiger partial charge >= 0.3 is 0 Å². The van der Waals surface area contributed by atoms with Crippen molar-refractivity contribution in [2.45, 2.75) is 53.8 Å². The van der Waals surface area contributed by atoms with Gasteiger partial charge in [0.2, 0.25) is 0 Å². The van der Waals surface area contributed by atoms with E-state index in [1.54, 1.807) is 0 Å². The fourth-order valence-electron chi connectivity index (χ4n) is 2.46. The van der Waals surface area contributed by atoms with E-state index in [0.717, 1.165) is 25.7 Å². The van der Waals surface area contributed by atoms with Gasteiger partial charge in [-0.05, 0) is 25.7 Å². The van der Waals surface area contributed by atoms with Gasteiger partial charge in [0.25, 0.3) is 0 Å². The highest BCUT2D eigenvalue weighted by molar-refractivity contribution is 8.00. The van der Waals surface area contributed by atoms with E-state index in [4.69, 9.17) is 14.6 Å². The highest BCUT2D eigenvalue weighted by Crippen LogP contribution is 2.36. The molecular weight excluding hydrogens is 272 g/mol. The van der Waals surface area contributed by atoms with Crippen molar-refractivity contribution in [1.82, 2.24) is 0 Å². The molecule has 0 aromatic carbocycles. The molecule has 0 aromatic heterocycles. The summed E-state index contributed by atoms with van der Waals surface area (Å²) >= 11 is 6.33. The molecule has 2 rings (SSSR count). The minimum absolute atomic E-state index is 0.0275. The SMILES string of the molecule is OCC1CC(SC2CC(S)CC(CO)O2)CCO1. The molecule has 18 heavy (non-hydrogen) atoms. The summed E-state index contributed by atoms with van der Waals surface area (Å²) in [5, 5.41) is 19.1. The first-order chi connectivity index (χ1) is 8.71. The van der Waals surface area contributed by atoms with Crippen molar-refractivity contribution in [3.63, 3.8) is 0 Å². The number of hydrogen-bond acceptors (Lipinski definition) is 6. The lowest BCUT2D eigenvalue weighted by atomic mass is 10.1. The van der Waals surface area contributed by atoms with Crippen LogP contribution < -0.4 is 0 Å². The lowest BCUT2D eigenvalue weighted by Gasteiger charge is -2.36. The van der Waals surface area contributed by atoms with E-state index in [0.29, 0.717) is 17.1 Å². The molecule has 0 bridgehead atoms. The molecule has 0 aromatic rings. The summed E-state index contributed by atoms with van der Waals surface area (Å²) in [6.07, 6.45) is 3.52. The highest BCUT2D eigenvalue weighted by Gasteiger charge is 2.31. The summed E-state index contributed by atoms with van der Waals surface area (Å²) in [6, 6.07) is 0. The van der Waals surface area contributed by atoms with Crippen LogP contribution in [0.25, 0.3) is 0 Å². The highest BCUT2D eigenvalue weighted by atomic mass is 32.2. The van der Waals surface area contributed by atoms with Crippen molar-refractivity contribution in [2.75, 3.05) is 19.8 Å². The molecule has 2 saturated heterocycles. The second kappa shape index (κ2) is 7.36. The van der Waals surface area contributed by atoms with Crippen LogP contribution in [0.4, 0.5) is 0 Å². The fourth-order valence-corrected chi connectivity index (χ4v) is 4.58. The summed E-state index contributed by atoms with van der Waals surface area (Å²) in [7, 11) is 0. The molecular formula is C12H22O4S2. The lowest BCUT2D eigenvalue weighted by Crippen LogP contribution is -2.37. The van der Waals surface area contributed by atoms with Crippen molar-refractivity contribution in [2.24, 2.45) is 0 Å². The number of hydrogen-bond donors (Lipinski definition) is 3. The van der Waals surface area contributed by atoms with Gasteiger partial charge in [-0.1, -0.05) is 0 Å². The Hall–Kier alpha value is 0.540. The normalized spacial score (nSPS) is 41.8. The molecule has 2 aliphatic heterocycles. The van der Waals surface area contributed by atoms with Gasteiger partial charge in [0.15, 0.2) is 0 Å². The van der Waals surface area contributed by atoms with E-state index < -0.39 is 0 Å². The predicted molar refractivity (Wildman–Crippen MR) is 75.2 cm³/mol. The van der Waals surface area contributed by atoms with Crippen LogP contribution in [-0.4, -0.2) is 58.2 Å². The molecule has 0 radical (unpaired) electrons. The zero-order valence-corrected chi connectivity index (χ0v) is 12.1. The van der Waals surface area contributed by atoms with E-state index in [1.165, 1.54) is 0 Å². The molecule has 4 nitrogen and oxygen atoms in total. The van der Waals surface area contributed by atoms with E-state index in [1.807, 2.05) is 11.8 Å². The van der Waals surface area contributed by atoms with Crippen molar-refractivity contribution in [3.8, 4) is 0 Å². The Morgan fingerprint density at radius 1 is 1.11 bits per heavy atom. The minimum Gasteiger partial charge on any atom is -0.394 e. The molecule has 2 fully saturated rings. The summed E-state index contributed by atoms with van der Waals surface area (Å²) in [6.45, 7) is 0.877. The first-order valence-corrected chi connectivity index (χ1v) is 7.99. The fraction of sp³-hybridized carbons (Fsp3) is 1.00. The smallest absolute Gasteiger partial charge is 0.105 e. The van der Waals surface area contributed by atoms with Crippen LogP contribution >= 0.6 is 24.4 Å². The molecule has 5 atom stereocenters. The van der Waals surface area contributed by atoms with Crippen LogP contribution in [0.1, 0.15) is 25.7 Å². The first-order valence-electron chi connectivity index (χ1n) is 6.53. The molecule has 2 aliphatic rings. The number of aliphatic hydroxyl groups is 2. The van der Waals surface area contributed by atoms with Gasteiger partial charge in [0, 0.05) is 17.1 Å². The second-order valence-corrected chi connectivity index (χ2v) is 7.15. The van der Waals surface area contributed by atoms with Gasteiger partial charge < -0.3 is 19.7 Å². The molecule has 106 valence electrons. The Morgan fingerprint density at radius 3 is 2.61 bits per heavy atom. The zero-order chi connectivity index (χ0) is 13.0. The third-order valence-electron chi connectivity index (χ3n) is 3.41. The monoisotopic (exact) mass is 294 g/mol. The molecule has 2 N–H and O–H groups in total. The van der Waals surface area contributed by atoms with E-state index in [-0.39, 0.29) is 30.9 Å². The molecule has 0 spiro atoms. The summed E-state index contributed by atoms with van der Waals surface area (Å²) in [5.74, 6) is 0. The largest absolute Gasteiger partial charge is 0.394 e. The van der Waals surface area contributed by atoms with E-state index in [9.17, 15) is 5.11 Å². The Kier molecular flexibility index (Phi) is 6.11. The number of aliphatic hydroxyl groups excluding tert-OH is 2. The average molecular weight is 294 g/mol.